The van der Waals surface area contributed by atoms with Crippen molar-refractivity contribution in [2.24, 2.45) is 10.9 Å². The predicted molar refractivity (Wildman–Crippen MR) is 90.2 cm³/mol. The van der Waals surface area contributed by atoms with Crippen LogP contribution in [0.5, 0.6) is 0 Å². The van der Waals surface area contributed by atoms with Gasteiger partial charge in [0.2, 0.25) is 0 Å². The minimum atomic E-state index is -0.512. The number of nitrogens with zero attached hydrogens (tertiary/aromatic N) is 2. The van der Waals surface area contributed by atoms with E-state index in [1.807, 2.05) is 0 Å². The van der Waals surface area contributed by atoms with Crippen molar-refractivity contribution < 1.29 is 5.11 Å². The molecule has 1 saturated carbocycles. The van der Waals surface area contributed by atoms with Crippen molar-refractivity contribution in [2.75, 3.05) is 26.2 Å². The van der Waals surface area contributed by atoms with Gasteiger partial charge in [-0.15, -0.1) is 24.0 Å². The van der Waals surface area contributed by atoms with Crippen LogP contribution < -0.4 is 5.32 Å². The Kier molecular flexibility index (Phi) is 6.86. The molecule has 19 heavy (non-hydrogen) atoms. The molecule has 0 spiro atoms. The molecule has 1 saturated heterocycles. The first-order valence-corrected chi connectivity index (χ1v) is 7.38. The van der Waals surface area contributed by atoms with Crippen molar-refractivity contribution in [1.82, 2.24) is 10.2 Å². The summed E-state index contributed by atoms with van der Waals surface area (Å²) in [6.07, 6.45) is 5.53. The largest absolute Gasteiger partial charge is 0.388 e. The van der Waals surface area contributed by atoms with Gasteiger partial charge >= 0.3 is 0 Å². The van der Waals surface area contributed by atoms with Gasteiger partial charge in [-0.1, -0.05) is 6.92 Å². The third-order valence-electron chi connectivity index (χ3n) is 4.10. The van der Waals surface area contributed by atoms with Crippen molar-refractivity contribution in [3.8, 4) is 0 Å². The Labute approximate surface area is 134 Å². The fourth-order valence-corrected chi connectivity index (χ4v) is 2.77. The van der Waals surface area contributed by atoms with Gasteiger partial charge in [-0.05, 0) is 44.9 Å². The third kappa shape index (κ3) is 4.77. The van der Waals surface area contributed by atoms with E-state index in [0.29, 0.717) is 6.54 Å². The first-order chi connectivity index (χ1) is 8.63. The summed E-state index contributed by atoms with van der Waals surface area (Å²) in [6, 6.07) is 0. The molecule has 112 valence electrons. The molecule has 1 heterocycles. The number of piperidine rings is 1. The van der Waals surface area contributed by atoms with Crippen molar-refractivity contribution >= 4 is 29.9 Å². The number of hydrogen-bond acceptors (Lipinski definition) is 2. The maximum absolute atomic E-state index is 10.1. The maximum Gasteiger partial charge on any atom is 0.194 e. The van der Waals surface area contributed by atoms with Crippen molar-refractivity contribution in [2.45, 2.75) is 51.6 Å². The van der Waals surface area contributed by atoms with E-state index in [9.17, 15) is 5.11 Å². The minimum Gasteiger partial charge on any atom is -0.388 e. The van der Waals surface area contributed by atoms with Crippen LogP contribution in [0.2, 0.25) is 0 Å². The molecule has 0 aromatic heterocycles. The van der Waals surface area contributed by atoms with Crippen LogP contribution in [0.25, 0.3) is 0 Å². The number of likely N-dealkylation sites (tertiary alicyclic amines) is 1. The van der Waals surface area contributed by atoms with E-state index in [2.05, 4.69) is 29.1 Å². The standard InChI is InChI=1S/C14H27N3O.HI/c1-3-15-13(16-11-14(18)7-5-8-14)17-9-4-6-12(2)10-17;/h12,18H,3-11H2,1-2H3,(H,15,16);1H. The lowest BCUT2D eigenvalue weighted by Crippen LogP contribution is -2.48. The Bertz CT molecular complexity index is 305. The number of halogens is 1. The average Bonchev–Trinajstić information content (AvgIpc) is 2.32. The molecule has 2 N–H and O–H groups in total. The first kappa shape index (κ1) is 17.0. The molecule has 0 aromatic rings. The Morgan fingerprint density at radius 1 is 1.42 bits per heavy atom. The zero-order valence-corrected chi connectivity index (χ0v) is 14.5. The van der Waals surface area contributed by atoms with Gasteiger partial charge < -0.3 is 15.3 Å². The fraction of sp³-hybridized carbons (Fsp3) is 0.929. The molecule has 1 unspecified atom stereocenters. The zero-order chi connectivity index (χ0) is 13.0. The molecule has 0 bridgehead atoms. The van der Waals surface area contributed by atoms with Crippen LogP contribution in [-0.2, 0) is 0 Å². The molecule has 5 heteroatoms. The number of rotatable bonds is 3. The topological polar surface area (TPSA) is 47.9 Å². The normalized spacial score (nSPS) is 26.4. The highest BCUT2D eigenvalue weighted by Crippen LogP contribution is 2.31. The summed E-state index contributed by atoms with van der Waals surface area (Å²) in [4.78, 5) is 6.99. The summed E-state index contributed by atoms with van der Waals surface area (Å²) in [7, 11) is 0. The average molecular weight is 381 g/mol. The number of hydrogen-bond donors (Lipinski definition) is 2. The SMILES string of the molecule is CCNC(=NCC1(O)CCC1)N1CCCC(C)C1.I. The predicted octanol–water partition coefficient (Wildman–Crippen LogP) is 2.22. The van der Waals surface area contributed by atoms with E-state index in [-0.39, 0.29) is 24.0 Å². The highest BCUT2D eigenvalue weighted by atomic mass is 127. The van der Waals surface area contributed by atoms with Crippen molar-refractivity contribution in [1.29, 1.82) is 0 Å². The second kappa shape index (κ2) is 7.67. The highest BCUT2D eigenvalue weighted by Gasteiger charge is 2.34. The van der Waals surface area contributed by atoms with Gasteiger partial charge in [-0.3, -0.25) is 4.99 Å². The van der Waals surface area contributed by atoms with E-state index in [1.54, 1.807) is 0 Å². The van der Waals surface area contributed by atoms with Gasteiger partial charge in [-0.25, -0.2) is 0 Å². The molecule has 4 nitrogen and oxygen atoms in total. The monoisotopic (exact) mass is 381 g/mol. The summed E-state index contributed by atoms with van der Waals surface area (Å²) in [5.74, 6) is 1.73. The van der Waals surface area contributed by atoms with E-state index >= 15 is 0 Å². The first-order valence-electron chi connectivity index (χ1n) is 7.38. The molecule has 2 aliphatic rings. The van der Waals surface area contributed by atoms with Crippen LogP contribution in [0.1, 0.15) is 46.0 Å². The fourth-order valence-electron chi connectivity index (χ4n) is 2.77. The van der Waals surface area contributed by atoms with Gasteiger partial charge in [0.05, 0.1) is 12.1 Å². The summed E-state index contributed by atoms with van der Waals surface area (Å²) >= 11 is 0. The zero-order valence-electron chi connectivity index (χ0n) is 12.2. The molecule has 2 rings (SSSR count). The number of aliphatic hydroxyl groups is 1. The maximum atomic E-state index is 10.1. The summed E-state index contributed by atoms with van der Waals surface area (Å²) in [5, 5.41) is 13.5. The molecule has 2 fully saturated rings. The Morgan fingerprint density at radius 2 is 2.16 bits per heavy atom. The molecule has 1 aliphatic heterocycles. The summed E-state index contributed by atoms with van der Waals surface area (Å²) in [5.41, 5.74) is -0.512. The van der Waals surface area contributed by atoms with Crippen LogP contribution in [0.4, 0.5) is 0 Å². The number of aliphatic imine (C=N–C) groups is 1. The quantitative estimate of drug-likeness (QED) is 0.448. The van der Waals surface area contributed by atoms with E-state index in [1.165, 1.54) is 12.8 Å². The van der Waals surface area contributed by atoms with Crippen LogP contribution in [0, 0.1) is 5.92 Å². The number of guanidine groups is 1. The lowest BCUT2D eigenvalue weighted by Gasteiger charge is -2.37. The second-order valence-electron chi connectivity index (χ2n) is 5.94. The molecule has 1 atom stereocenters. The van der Waals surface area contributed by atoms with Gasteiger partial charge in [0, 0.05) is 19.6 Å². The number of nitrogens with one attached hydrogen (secondary N) is 1. The van der Waals surface area contributed by atoms with Crippen LogP contribution in [0.15, 0.2) is 4.99 Å². The van der Waals surface area contributed by atoms with Crippen molar-refractivity contribution in [3.63, 3.8) is 0 Å². The highest BCUT2D eigenvalue weighted by molar-refractivity contribution is 14.0. The Morgan fingerprint density at radius 3 is 2.68 bits per heavy atom. The molecule has 0 aromatic carbocycles. The van der Waals surface area contributed by atoms with Gasteiger partial charge in [0.25, 0.3) is 0 Å². The molecule has 0 amide bonds. The van der Waals surface area contributed by atoms with Crippen LogP contribution >= 0.6 is 24.0 Å². The second-order valence-corrected chi connectivity index (χ2v) is 5.94. The van der Waals surface area contributed by atoms with Gasteiger partial charge in [0.15, 0.2) is 5.96 Å². The van der Waals surface area contributed by atoms with Gasteiger partial charge in [0.1, 0.15) is 0 Å². The lowest BCUT2D eigenvalue weighted by molar-refractivity contribution is -0.0238. The van der Waals surface area contributed by atoms with Crippen molar-refractivity contribution in [3.05, 3.63) is 0 Å². The molecule has 0 radical (unpaired) electrons. The van der Waals surface area contributed by atoms with E-state index in [4.69, 9.17) is 0 Å². The molecular formula is C14H28IN3O. The third-order valence-corrected chi connectivity index (χ3v) is 4.10. The van der Waals surface area contributed by atoms with Gasteiger partial charge in [-0.2, -0.15) is 0 Å². The molecule has 1 aliphatic carbocycles. The van der Waals surface area contributed by atoms with Crippen LogP contribution in [0.3, 0.4) is 0 Å². The summed E-state index contributed by atoms with van der Waals surface area (Å²) < 4.78 is 0. The summed E-state index contributed by atoms with van der Waals surface area (Å²) in [6.45, 7) is 8.03. The van der Waals surface area contributed by atoms with Crippen LogP contribution in [-0.4, -0.2) is 47.7 Å². The smallest absolute Gasteiger partial charge is 0.194 e. The lowest BCUT2D eigenvalue weighted by atomic mass is 9.80. The Balaban J connectivity index is 0.00000180. The van der Waals surface area contributed by atoms with E-state index in [0.717, 1.165) is 50.8 Å². The minimum absolute atomic E-state index is 0. The van der Waals surface area contributed by atoms with E-state index < -0.39 is 5.60 Å². The Hall–Kier alpha value is -0.0400. The molecular weight excluding hydrogens is 353 g/mol.